The fourth-order valence-electron chi connectivity index (χ4n) is 2.74. The van der Waals surface area contributed by atoms with Crippen LogP contribution in [-0.2, 0) is 9.59 Å². The summed E-state index contributed by atoms with van der Waals surface area (Å²) in [6.07, 6.45) is 1.84. The first-order valence-electron chi connectivity index (χ1n) is 9.42. The van der Waals surface area contributed by atoms with Gasteiger partial charge in [-0.15, -0.1) is 0 Å². The number of amides is 3. The standard InChI is InChI=1S/C20H27N7O3/c1-11(17(21)29)9-12(2)24-20-23-10-16(18(22)30)19(26-20)25-14-5-7-15(8-6-14)27(4)13(3)28/h5-8,10-12H,9H2,1-4H3,(H2,21,29)(H2,22,30)(H2,23,24,25,26). The Morgan fingerprint density at radius 3 is 2.30 bits per heavy atom. The number of hydrogen-bond acceptors (Lipinski definition) is 7. The molecule has 6 N–H and O–H groups in total. The van der Waals surface area contributed by atoms with Crippen LogP contribution in [0.2, 0.25) is 0 Å². The second-order valence-electron chi connectivity index (χ2n) is 7.15. The van der Waals surface area contributed by atoms with Crippen molar-refractivity contribution in [2.24, 2.45) is 17.4 Å². The van der Waals surface area contributed by atoms with Crippen LogP contribution < -0.4 is 27.0 Å². The molecule has 0 saturated carbocycles. The van der Waals surface area contributed by atoms with Crippen LogP contribution in [0.1, 0.15) is 37.6 Å². The van der Waals surface area contributed by atoms with Gasteiger partial charge in [0.1, 0.15) is 11.4 Å². The van der Waals surface area contributed by atoms with Crippen molar-refractivity contribution in [1.82, 2.24) is 9.97 Å². The number of carbonyl (C=O) groups excluding carboxylic acids is 3. The minimum absolute atomic E-state index is 0.0852. The fraction of sp³-hybridized carbons (Fsp3) is 0.350. The molecule has 0 aliphatic heterocycles. The van der Waals surface area contributed by atoms with Crippen molar-refractivity contribution in [3.63, 3.8) is 0 Å². The lowest BCUT2D eigenvalue weighted by molar-refractivity contribution is -0.121. The van der Waals surface area contributed by atoms with Crippen LogP contribution >= 0.6 is 0 Å². The minimum atomic E-state index is -0.674. The van der Waals surface area contributed by atoms with Gasteiger partial charge in [0.2, 0.25) is 17.8 Å². The molecule has 10 heteroatoms. The highest BCUT2D eigenvalue weighted by Gasteiger charge is 2.17. The van der Waals surface area contributed by atoms with Crippen molar-refractivity contribution < 1.29 is 14.4 Å². The average molecular weight is 413 g/mol. The fourth-order valence-corrected chi connectivity index (χ4v) is 2.74. The molecule has 2 aromatic rings. The van der Waals surface area contributed by atoms with Crippen molar-refractivity contribution in [1.29, 1.82) is 0 Å². The molecule has 0 aliphatic rings. The molecule has 0 fully saturated rings. The lowest BCUT2D eigenvalue weighted by atomic mass is 10.0. The topological polar surface area (TPSA) is 156 Å². The Morgan fingerprint density at radius 2 is 1.77 bits per heavy atom. The van der Waals surface area contributed by atoms with Crippen molar-refractivity contribution in [3.05, 3.63) is 36.0 Å². The van der Waals surface area contributed by atoms with Gasteiger partial charge < -0.3 is 27.0 Å². The van der Waals surface area contributed by atoms with Gasteiger partial charge in [0.05, 0.1) is 0 Å². The molecule has 1 heterocycles. The number of hydrogen-bond donors (Lipinski definition) is 4. The van der Waals surface area contributed by atoms with E-state index < -0.39 is 5.91 Å². The monoisotopic (exact) mass is 413 g/mol. The molecule has 1 aromatic heterocycles. The van der Waals surface area contributed by atoms with E-state index >= 15 is 0 Å². The number of aromatic nitrogens is 2. The van der Waals surface area contributed by atoms with Crippen LogP contribution in [0.3, 0.4) is 0 Å². The van der Waals surface area contributed by atoms with Gasteiger partial charge in [-0.25, -0.2) is 4.98 Å². The van der Waals surface area contributed by atoms with Crippen LogP contribution in [0.4, 0.5) is 23.1 Å². The zero-order chi connectivity index (χ0) is 22.4. The summed E-state index contributed by atoms with van der Waals surface area (Å²) in [6, 6.07) is 6.92. The number of anilines is 4. The lowest BCUT2D eigenvalue weighted by Crippen LogP contribution is -2.28. The highest BCUT2D eigenvalue weighted by molar-refractivity contribution is 5.98. The van der Waals surface area contributed by atoms with Crippen LogP contribution in [0, 0.1) is 5.92 Å². The normalized spacial score (nSPS) is 12.5. The van der Waals surface area contributed by atoms with E-state index in [0.717, 1.165) is 5.69 Å². The molecule has 0 bridgehead atoms. The van der Waals surface area contributed by atoms with Crippen LogP contribution in [0.15, 0.2) is 30.5 Å². The van der Waals surface area contributed by atoms with Gasteiger partial charge >= 0.3 is 0 Å². The highest BCUT2D eigenvalue weighted by atomic mass is 16.2. The van der Waals surface area contributed by atoms with Gasteiger partial charge in [-0.05, 0) is 37.6 Å². The van der Waals surface area contributed by atoms with Crippen LogP contribution in [0.5, 0.6) is 0 Å². The first kappa shape index (κ1) is 22.6. The van der Waals surface area contributed by atoms with Gasteiger partial charge in [0.25, 0.3) is 5.91 Å². The number of nitrogens with two attached hydrogens (primary N) is 2. The van der Waals surface area contributed by atoms with E-state index in [1.54, 1.807) is 38.2 Å². The third-order valence-corrected chi connectivity index (χ3v) is 4.61. The maximum Gasteiger partial charge on any atom is 0.254 e. The summed E-state index contributed by atoms with van der Waals surface area (Å²) in [6.45, 7) is 5.10. The molecule has 2 rings (SSSR count). The Morgan fingerprint density at radius 1 is 1.13 bits per heavy atom. The zero-order valence-corrected chi connectivity index (χ0v) is 17.5. The number of nitrogens with one attached hydrogen (secondary N) is 2. The predicted molar refractivity (Wildman–Crippen MR) is 115 cm³/mol. The number of carbonyl (C=O) groups is 3. The summed E-state index contributed by atoms with van der Waals surface area (Å²) < 4.78 is 0. The van der Waals surface area contributed by atoms with Gasteiger partial charge in [-0.1, -0.05) is 6.92 Å². The van der Waals surface area contributed by atoms with Crippen molar-refractivity contribution in [3.8, 4) is 0 Å². The molecular formula is C20H27N7O3. The molecule has 0 saturated heterocycles. The molecule has 1 aromatic carbocycles. The molecule has 30 heavy (non-hydrogen) atoms. The Hall–Kier alpha value is -3.69. The van der Waals surface area contributed by atoms with Crippen molar-refractivity contribution in [2.75, 3.05) is 22.6 Å². The maximum absolute atomic E-state index is 11.8. The zero-order valence-electron chi connectivity index (χ0n) is 17.5. The maximum atomic E-state index is 11.8. The molecule has 160 valence electrons. The summed E-state index contributed by atoms with van der Waals surface area (Å²) in [4.78, 5) is 44.5. The van der Waals surface area contributed by atoms with Crippen LogP contribution in [0.25, 0.3) is 0 Å². The summed E-state index contributed by atoms with van der Waals surface area (Å²) in [5.41, 5.74) is 12.3. The van der Waals surface area contributed by atoms with Crippen molar-refractivity contribution >= 4 is 40.9 Å². The summed E-state index contributed by atoms with van der Waals surface area (Å²) in [5, 5.41) is 6.14. The molecule has 0 radical (unpaired) electrons. The Balaban J connectivity index is 2.21. The highest BCUT2D eigenvalue weighted by Crippen LogP contribution is 2.23. The summed E-state index contributed by atoms with van der Waals surface area (Å²) in [5.74, 6) is -0.927. The van der Waals surface area contributed by atoms with E-state index in [4.69, 9.17) is 11.5 Å². The lowest BCUT2D eigenvalue weighted by Gasteiger charge is -2.18. The number of benzene rings is 1. The number of nitrogens with zero attached hydrogens (tertiary/aromatic N) is 3. The van der Waals surface area contributed by atoms with E-state index in [9.17, 15) is 14.4 Å². The smallest absolute Gasteiger partial charge is 0.254 e. The van der Waals surface area contributed by atoms with E-state index in [2.05, 4.69) is 20.6 Å². The van der Waals surface area contributed by atoms with Gasteiger partial charge in [-0.2, -0.15) is 4.98 Å². The van der Waals surface area contributed by atoms with E-state index in [-0.39, 0.29) is 41.1 Å². The number of rotatable bonds is 9. The quantitative estimate of drug-likeness (QED) is 0.486. The SMILES string of the molecule is CC(=O)N(C)c1ccc(Nc2nc(NC(C)CC(C)C(N)=O)ncc2C(N)=O)cc1. The number of primary amides is 2. The molecule has 10 nitrogen and oxygen atoms in total. The third kappa shape index (κ3) is 5.90. The first-order chi connectivity index (χ1) is 14.1. The molecule has 2 unspecified atom stereocenters. The van der Waals surface area contributed by atoms with E-state index in [1.807, 2.05) is 6.92 Å². The molecule has 2 atom stereocenters. The first-order valence-corrected chi connectivity index (χ1v) is 9.42. The second kappa shape index (κ2) is 9.68. The Labute approximate surface area is 175 Å². The summed E-state index contributed by atoms with van der Waals surface area (Å²) in [7, 11) is 1.68. The Bertz CT molecular complexity index is 930. The minimum Gasteiger partial charge on any atom is -0.369 e. The molecular weight excluding hydrogens is 386 g/mol. The third-order valence-electron chi connectivity index (χ3n) is 4.61. The molecule has 0 spiro atoms. The van der Waals surface area contributed by atoms with E-state index in [0.29, 0.717) is 12.1 Å². The summed E-state index contributed by atoms with van der Waals surface area (Å²) >= 11 is 0. The largest absolute Gasteiger partial charge is 0.369 e. The van der Waals surface area contributed by atoms with Crippen molar-refractivity contribution in [2.45, 2.75) is 33.2 Å². The second-order valence-corrected chi connectivity index (χ2v) is 7.15. The molecule has 3 amide bonds. The van der Waals surface area contributed by atoms with Gasteiger partial charge in [-0.3, -0.25) is 14.4 Å². The van der Waals surface area contributed by atoms with Crippen LogP contribution in [-0.4, -0.2) is 40.8 Å². The van der Waals surface area contributed by atoms with E-state index in [1.165, 1.54) is 18.0 Å². The van der Waals surface area contributed by atoms with Gasteiger partial charge in [0.15, 0.2) is 0 Å². The molecule has 0 aliphatic carbocycles. The van der Waals surface area contributed by atoms with Gasteiger partial charge in [0, 0.05) is 43.5 Å². The average Bonchev–Trinajstić information content (AvgIpc) is 2.67. The predicted octanol–water partition coefficient (Wildman–Crippen LogP) is 1.61. The Kier molecular flexibility index (Phi) is 7.29.